The van der Waals surface area contributed by atoms with Crippen molar-refractivity contribution in [2.45, 2.75) is 31.1 Å². The summed E-state index contributed by atoms with van der Waals surface area (Å²) in [5.41, 5.74) is 1.36. The molecular weight excluding hydrogens is 451 g/mol. The molecule has 1 atom stereocenters. The molecule has 2 aromatic carbocycles. The van der Waals surface area contributed by atoms with Crippen molar-refractivity contribution in [1.82, 2.24) is 4.31 Å². The summed E-state index contributed by atoms with van der Waals surface area (Å²) < 4.78 is 52.3. The van der Waals surface area contributed by atoms with Gasteiger partial charge in [-0.15, -0.1) is 0 Å². The monoisotopic (exact) mass is 476 g/mol. The van der Waals surface area contributed by atoms with Gasteiger partial charge in [-0.1, -0.05) is 13.0 Å². The number of halogens is 1. The first-order chi connectivity index (χ1) is 15.7. The molecule has 1 unspecified atom stereocenters. The van der Waals surface area contributed by atoms with Crippen molar-refractivity contribution in [1.29, 1.82) is 0 Å². The maximum Gasteiger partial charge on any atom is 0.262 e. The molecule has 2 aliphatic rings. The number of hydrogen-bond donors (Lipinski definition) is 1. The molecule has 10 heteroatoms. The average Bonchev–Trinajstić information content (AvgIpc) is 3.10. The second-order valence-corrected chi connectivity index (χ2v) is 10.1. The average molecular weight is 477 g/mol. The number of anilines is 1. The number of carbonyl (C=O) groups excluding carboxylic acids is 2. The highest BCUT2D eigenvalue weighted by Crippen LogP contribution is 2.39. The third-order valence-electron chi connectivity index (χ3n) is 5.84. The predicted octanol–water partition coefficient (Wildman–Crippen LogP) is 2.86. The fraction of sp³-hybridized carbons (Fsp3) is 0.391. The Balaban J connectivity index is 1.47. The summed E-state index contributed by atoms with van der Waals surface area (Å²) in [6.07, 6.45) is 0.197. The van der Waals surface area contributed by atoms with Gasteiger partial charge in [0.25, 0.3) is 5.91 Å². The van der Waals surface area contributed by atoms with Crippen LogP contribution in [-0.2, 0) is 19.6 Å². The van der Waals surface area contributed by atoms with Crippen molar-refractivity contribution in [2.75, 3.05) is 38.2 Å². The second kappa shape index (κ2) is 9.20. The molecule has 0 aromatic heterocycles. The number of nitrogens with one attached hydrogen (secondary N) is 1. The topological polar surface area (TPSA) is 102 Å². The van der Waals surface area contributed by atoms with Gasteiger partial charge in [0.2, 0.25) is 10.0 Å². The Labute approximate surface area is 191 Å². The van der Waals surface area contributed by atoms with Gasteiger partial charge in [0, 0.05) is 30.8 Å². The van der Waals surface area contributed by atoms with Crippen LogP contribution >= 0.6 is 0 Å². The van der Waals surface area contributed by atoms with Gasteiger partial charge in [-0.3, -0.25) is 9.59 Å². The van der Waals surface area contributed by atoms with E-state index in [0.717, 1.165) is 0 Å². The first-order valence-corrected chi connectivity index (χ1v) is 12.1. The largest absolute Gasteiger partial charge is 0.483 e. The standard InChI is InChI=1S/C23H25FN2O6S/c1-14-3-4-16(12-20(14)33(29,30)26-7-9-31-10-8-26)25-21(28)13-32-19-6-5-17(24)22-15(2)11-18(27)23(19)22/h3-6,12,15H,7-11,13H2,1-2H3,(H,25,28). The Morgan fingerprint density at radius 1 is 1.24 bits per heavy atom. The molecule has 0 saturated carbocycles. The van der Waals surface area contributed by atoms with Crippen molar-refractivity contribution < 1.29 is 31.9 Å². The molecule has 0 bridgehead atoms. The van der Waals surface area contributed by atoms with E-state index >= 15 is 0 Å². The summed E-state index contributed by atoms with van der Waals surface area (Å²) in [5.74, 6) is -1.30. The lowest BCUT2D eigenvalue weighted by atomic mass is 10.0. The fourth-order valence-corrected chi connectivity index (χ4v) is 5.83. The first-order valence-electron chi connectivity index (χ1n) is 10.6. The van der Waals surface area contributed by atoms with Crippen LogP contribution in [0.3, 0.4) is 0 Å². The molecule has 1 aliphatic heterocycles. The van der Waals surface area contributed by atoms with E-state index in [0.29, 0.717) is 30.0 Å². The van der Waals surface area contributed by atoms with E-state index in [1.54, 1.807) is 26.0 Å². The van der Waals surface area contributed by atoms with Crippen LogP contribution in [0.2, 0.25) is 0 Å². The fourth-order valence-electron chi connectivity index (χ4n) is 4.17. The number of aryl methyl sites for hydroxylation is 1. The Morgan fingerprint density at radius 2 is 1.97 bits per heavy atom. The van der Waals surface area contributed by atoms with Crippen LogP contribution in [0.1, 0.15) is 40.7 Å². The van der Waals surface area contributed by atoms with Gasteiger partial charge in [-0.2, -0.15) is 4.31 Å². The molecule has 176 valence electrons. The number of benzene rings is 2. The normalized spacial score (nSPS) is 18.8. The summed E-state index contributed by atoms with van der Waals surface area (Å²) in [7, 11) is -3.73. The summed E-state index contributed by atoms with van der Waals surface area (Å²) in [4.78, 5) is 24.8. The molecule has 2 aromatic rings. The minimum Gasteiger partial charge on any atom is -0.483 e. The molecule has 1 saturated heterocycles. The molecule has 1 heterocycles. The predicted molar refractivity (Wildman–Crippen MR) is 119 cm³/mol. The van der Waals surface area contributed by atoms with Gasteiger partial charge in [0.1, 0.15) is 11.6 Å². The molecule has 1 amide bonds. The van der Waals surface area contributed by atoms with Crippen LogP contribution in [0.25, 0.3) is 0 Å². The lowest BCUT2D eigenvalue weighted by molar-refractivity contribution is -0.118. The van der Waals surface area contributed by atoms with Crippen LogP contribution in [0.4, 0.5) is 10.1 Å². The minimum absolute atomic E-state index is 0.110. The number of carbonyl (C=O) groups is 2. The van der Waals surface area contributed by atoms with Gasteiger partial charge in [-0.25, -0.2) is 12.8 Å². The maximum atomic E-state index is 14.1. The quantitative estimate of drug-likeness (QED) is 0.688. The molecule has 1 N–H and O–H groups in total. The lowest BCUT2D eigenvalue weighted by Gasteiger charge is -2.26. The maximum absolute atomic E-state index is 14.1. The number of ketones is 1. The highest BCUT2D eigenvalue weighted by Gasteiger charge is 2.33. The molecule has 1 aliphatic carbocycles. The van der Waals surface area contributed by atoms with E-state index in [-0.39, 0.29) is 47.4 Å². The van der Waals surface area contributed by atoms with Crippen LogP contribution in [0, 0.1) is 12.7 Å². The Hall–Kier alpha value is -2.82. The van der Waals surface area contributed by atoms with Gasteiger partial charge in [0.15, 0.2) is 12.4 Å². The zero-order valence-electron chi connectivity index (χ0n) is 18.4. The van der Waals surface area contributed by atoms with E-state index in [1.165, 1.54) is 22.5 Å². The van der Waals surface area contributed by atoms with Gasteiger partial charge in [0.05, 0.1) is 23.7 Å². The molecule has 0 spiro atoms. The van der Waals surface area contributed by atoms with Crippen molar-refractivity contribution in [2.24, 2.45) is 0 Å². The van der Waals surface area contributed by atoms with E-state index in [1.807, 2.05) is 0 Å². The van der Waals surface area contributed by atoms with E-state index in [4.69, 9.17) is 9.47 Å². The number of amides is 1. The molecule has 4 rings (SSSR count). The van der Waals surface area contributed by atoms with Crippen LogP contribution in [0.15, 0.2) is 35.2 Å². The number of sulfonamides is 1. The lowest BCUT2D eigenvalue weighted by Crippen LogP contribution is -2.40. The molecule has 33 heavy (non-hydrogen) atoms. The van der Waals surface area contributed by atoms with Crippen LogP contribution in [-0.4, -0.2) is 57.3 Å². The third kappa shape index (κ3) is 4.64. The van der Waals surface area contributed by atoms with Crippen molar-refractivity contribution in [3.63, 3.8) is 0 Å². The Bertz CT molecular complexity index is 1210. The number of fused-ring (bicyclic) bond motifs is 1. The minimum atomic E-state index is -3.73. The molecule has 8 nitrogen and oxygen atoms in total. The number of rotatable bonds is 6. The second-order valence-electron chi connectivity index (χ2n) is 8.20. The molecule has 1 fully saturated rings. The number of hydrogen-bond acceptors (Lipinski definition) is 6. The van der Waals surface area contributed by atoms with Gasteiger partial charge < -0.3 is 14.8 Å². The van der Waals surface area contributed by atoms with E-state index < -0.39 is 28.4 Å². The summed E-state index contributed by atoms with van der Waals surface area (Å²) in [5, 5.41) is 2.62. The Kier molecular flexibility index (Phi) is 6.51. The Morgan fingerprint density at radius 3 is 2.70 bits per heavy atom. The number of Topliss-reactive ketones (excluding diaryl/α,β-unsaturated/α-hetero) is 1. The van der Waals surface area contributed by atoms with Crippen LogP contribution in [0.5, 0.6) is 5.75 Å². The highest BCUT2D eigenvalue weighted by molar-refractivity contribution is 7.89. The van der Waals surface area contributed by atoms with E-state index in [9.17, 15) is 22.4 Å². The zero-order valence-corrected chi connectivity index (χ0v) is 19.2. The SMILES string of the molecule is Cc1ccc(NC(=O)COc2ccc(F)c3c2C(=O)CC3C)cc1S(=O)(=O)N1CCOCC1. The van der Waals surface area contributed by atoms with E-state index in [2.05, 4.69) is 5.32 Å². The number of morpholine rings is 1. The first kappa shape index (κ1) is 23.3. The van der Waals surface area contributed by atoms with Crippen molar-refractivity contribution in [3.8, 4) is 5.75 Å². The smallest absolute Gasteiger partial charge is 0.262 e. The van der Waals surface area contributed by atoms with Gasteiger partial charge >= 0.3 is 0 Å². The number of nitrogens with zero attached hydrogens (tertiary/aromatic N) is 1. The highest BCUT2D eigenvalue weighted by atomic mass is 32.2. The third-order valence-corrected chi connectivity index (χ3v) is 7.88. The van der Waals surface area contributed by atoms with Crippen LogP contribution < -0.4 is 10.1 Å². The molecular formula is C23H25FN2O6S. The number of ether oxygens (including phenoxy) is 2. The summed E-state index contributed by atoms with van der Waals surface area (Å²) in [6.45, 7) is 4.25. The zero-order chi connectivity index (χ0) is 23.8. The molecule has 0 radical (unpaired) electrons. The summed E-state index contributed by atoms with van der Waals surface area (Å²) >= 11 is 0. The van der Waals surface area contributed by atoms with Gasteiger partial charge in [-0.05, 0) is 42.7 Å². The summed E-state index contributed by atoms with van der Waals surface area (Å²) in [6, 6.07) is 7.21. The van der Waals surface area contributed by atoms with Crippen molar-refractivity contribution >= 4 is 27.4 Å². The van der Waals surface area contributed by atoms with Crippen molar-refractivity contribution in [3.05, 3.63) is 52.8 Å².